The molecule has 0 aliphatic heterocycles. The van der Waals surface area contributed by atoms with Crippen molar-refractivity contribution in [3.8, 4) is 0 Å². The number of amides is 1. The second-order valence-corrected chi connectivity index (χ2v) is 7.45. The van der Waals surface area contributed by atoms with E-state index in [-0.39, 0.29) is 15.5 Å². The van der Waals surface area contributed by atoms with Crippen molar-refractivity contribution in [3.63, 3.8) is 0 Å². The van der Waals surface area contributed by atoms with E-state index >= 15 is 0 Å². The van der Waals surface area contributed by atoms with Crippen LogP contribution in [-0.4, -0.2) is 38.4 Å². The maximum Gasteiger partial charge on any atom is 0.255 e. The van der Waals surface area contributed by atoms with E-state index in [0.717, 1.165) is 10.5 Å². The molecule has 0 fully saturated rings. The number of carbonyl (C=O) groups excluding carboxylic acids is 1. The number of hydrogen-bond donors (Lipinski definition) is 1. The van der Waals surface area contributed by atoms with E-state index in [1.165, 1.54) is 37.4 Å². The number of benzene rings is 2. The highest BCUT2D eigenvalue weighted by atomic mass is 35.5. The lowest BCUT2D eigenvalue weighted by atomic mass is 10.2. The zero-order valence-electron chi connectivity index (χ0n) is 13.2. The summed E-state index contributed by atoms with van der Waals surface area (Å²) in [7, 11) is -2.51. The first kappa shape index (κ1) is 19.0. The maximum absolute atomic E-state index is 13.6. The Balaban J connectivity index is 1.99. The largest absolute Gasteiger partial charge is 0.272 e. The van der Waals surface area contributed by atoms with Crippen molar-refractivity contribution in [2.45, 2.75) is 4.90 Å². The normalized spacial score (nSPS) is 11.8. The molecule has 0 atom stereocenters. The van der Waals surface area contributed by atoms with Gasteiger partial charge in [-0.15, -0.1) is 0 Å². The van der Waals surface area contributed by atoms with Crippen LogP contribution in [0.4, 0.5) is 4.39 Å². The van der Waals surface area contributed by atoms with Gasteiger partial charge in [-0.25, -0.2) is 18.2 Å². The summed E-state index contributed by atoms with van der Waals surface area (Å²) in [5, 5.41) is 3.74. The highest BCUT2D eigenvalue weighted by Crippen LogP contribution is 2.16. The second-order valence-electron chi connectivity index (χ2n) is 5.00. The van der Waals surface area contributed by atoms with E-state index in [1.54, 1.807) is 18.2 Å². The fraction of sp³-hybridized carbons (Fsp3) is 0.125. The van der Waals surface area contributed by atoms with Crippen LogP contribution < -0.4 is 5.43 Å². The quantitative estimate of drug-likeness (QED) is 0.613. The molecule has 132 valence electrons. The van der Waals surface area contributed by atoms with Crippen LogP contribution in [0, 0.1) is 5.82 Å². The summed E-state index contributed by atoms with van der Waals surface area (Å²) >= 11 is 5.83. The third-order valence-electron chi connectivity index (χ3n) is 3.20. The number of hydrazone groups is 1. The standard InChI is InChI=1S/C16H15ClFN3O3S/c1-21(25(23,24)12-6-3-2-4-7-12)11-16(22)20-19-10-13-14(17)8-5-9-15(13)18/h2-10H,11H2,1H3,(H,20,22)/b19-10-. The molecule has 2 aromatic carbocycles. The molecule has 1 amide bonds. The number of likely N-dealkylation sites (N-methyl/N-ethyl adjacent to an activating group) is 1. The lowest BCUT2D eigenvalue weighted by Gasteiger charge is -2.15. The highest BCUT2D eigenvalue weighted by Gasteiger charge is 2.22. The maximum atomic E-state index is 13.6. The number of sulfonamides is 1. The van der Waals surface area contributed by atoms with Gasteiger partial charge in [0.15, 0.2) is 0 Å². The van der Waals surface area contributed by atoms with Crippen LogP contribution in [0.15, 0.2) is 58.5 Å². The van der Waals surface area contributed by atoms with Crippen LogP contribution in [0.3, 0.4) is 0 Å². The molecule has 0 radical (unpaired) electrons. The van der Waals surface area contributed by atoms with Crippen molar-refractivity contribution < 1.29 is 17.6 Å². The number of rotatable bonds is 6. The SMILES string of the molecule is CN(CC(=O)N/N=C\c1c(F)cccc1Cl)S(=O)(=O)c1ccccc1. The molecule has 9 heteroatoms. The monoisotopic (exact) mass is 383 g/mol. The molecule has 1 N–H and O–H groups in total. The van der Waals surface area contributed by atoms with Gasteiger partial charge in [0.05, 0.1) is 22.7 Å². The minimum Gasteiger partial charge on any atom is -0.272 e. The molecule has 0 aliphatic carbocycles. The minimum absolute atomic E-state index is 0.0229. The highest BCUT2D eigenvalue weighted by molar-refractivity contribution is 7.89. The first-order valence-electron chi connectivity index (χ1n) is 7.09. The van der Waals surface area contributed by atoms with Crippen molar-refractivity contribution in [3.05, 3.63) is 64.9 Å². The topological polar surface area (TPSA) is 78.8 Å². The van der Waals surface area contributed by atoms with Crippen molar-refractivity contribution in [2.24, 2.45) is 5.10 Å². The number of halogens is 2. The van der Waals surface area contributed by atoms with Gasteiger partial charge in [-0.05, 0) is 24.3 Å². The molecule has 25 heavy (non-hydrogen) atoms. The van der Waals surface area contributed by atoms with Gasteiger partial charge < -0.3 is 0 Å². The van der Waals surface area contributed by atoms with E-state index in [1.807, 2.05) is 0 Å². The van der Waals surface area contributed by atoms with Crippen molar-refractivity contribution >= 4 is 33.7 Å². The lowest BCUT2D eigenvalue weighted by Crippen LogP contribution is -2.36. The van der Waals surface area contributed by atoms with Gasteiger partial charge in [0.1, 0.15) is 5.82 Å². The minimum atomic E-state index is -3.79. The first-order chi connectivity index (χ1) is 11.8. The smallest absolute Gasteiger partial charge is 0.255 e. The van der Waals surface area contributed by atoms with Crippen LogP contribution >= 0.6 is 11.6 Å². The molecule has 0 aliphatic rings. The molecular weight excluding hydrogens is 369 g/mol. The van der Waals surface area contributed by atoms with E-state index in [2.05, 4.69) is 10.5 Å². The summed E-state index contributed by atoms with van der Waals surface area (Å²) in [6.45, 7) is -0.445. The van der Waals surface area contributed by atoms with Gasteiger partial charge in [-0.2, -0.15) is 9.41 Å². The molecule has 0 aromatic heterocycles. The number of nitrogens with one attached hydrogen (secondary N) is 1. The van der Waals surface area contributed by atoms with Crippen molar-refractivity contribution in [1.29, 1.82) is 0 Å². The van der Waals surface area contributed by atoms with E-state index in [0.29, 0.717) is 0 Å². The summed E-state index contributed by atoms with van der Waals surface area (Å²) < 4.78 is 39.0. The van der Waals surface area contributed by atoms with Crippen LogP contribution in [0.5, 0.6) is 0 Å². The Morgan fingerprint density at radius 3 is 2.56 bits per heavy atom. The van der Waals surface area contributed by atoms with Crippen molar-refractivity contribution in [1.82, 2.24) is 9.73 Å². The Morgan fingerprint density at radius 1 is 1.24 bits per heavy atom. The Hall–Kier alpha value is -2.29. The summed E-state index contributed by atoms with van der Waals surface area (Å²) in [4.78, 5) is 11.9. The fourth-order valence-corrected chi connectivity index (χ4v) is 3.26. The van der Waals surface area contributed by atoms with Crippen LogP contribution in [0.1, 0.15) is 5.56 Å². The van der Waals surface area contributed by atoms with Crippen LogP contribution in [-0.2, 0) is 14.8 Å². The third kappa shape index (κ3) is 4.85. The van der Waals surface area contributed by atoms with Crippen molar-refractivity contribution in [2.75, 3.05) is 13.6 Å². The summed E-state index contributed by atoms with van der Waals surface area (Å²) in [5.74, 6) is -1.26. The molecule has 0 saturated carbocycles. The third-order valence-corrected chi connectivity index (χ3v) is 5.35. The summed E-state index contributed by atoms with van der Waals surface area (Å²) in [6.07, 6.45) is 1.06. The zero-order chi connectivity index (χ0) is 18.4. The number of nitrogens with zero attached hydrogens (tertiary/aromatic N) is 2. The average molecular weight is 384 g/mol. The molecule has 0 bridgehead atoms. The molecule has 0 saturated heterocycles. The second kappa shape index (κ2) is 8.19. The number of hydrogen-bond acceptors (Lipinski definition) is 4. The molecular formula is C16H15ClFN3O3S. The van der Waals surface area contributed by atoms with Crippen LogP contribution in [0.2, 0.25) is 5.02 Å². The summed E-state index contributed by atoms with van der Waals surface area (Å²) in [5.41, 5.74) is 2.16. The van der Waals surface area contributed by atoms with E-state index in [4.69, 9.17) is 11.6 Å². The van der Waals surface area contributed by atoms with Gasteiger partial charge in [0.2, 0.25) is 10.0 Å². The fourth-order valence-electron chi connectivity index (χ4n) is 1.90. The van der Waals surface area contributed by atoms with Gasteiger partial charge >= 0.3 is 0 Å². The molecule has 0 heterocycles. The Morgan fingerprint density at radius 2 is 1.92 bits per heavy atom. The molecule has 2 aromatic rings. The lowest BCUT2D eigenvalue weighted by molar-refractivity contribution is -0.121. The average Bonchev–Trinajstić information content (AvgIpc) is 2.58. The molecule has 6 nitrogen and oxygen atoms in total. The Bertz CT molecular complexity index is 869. The molecule has 2 rings (SSSR count). The van der Waals surface area contributed by atoms with E-state index in [9.17, 15) is 17.6 Å². The number of carbonyl (C=O) groups is 1. The van der Waals surface area contributed by atoms with E-state index < -0.39 is 28.3 Å². The van der Waals surface area contributed by atoms with Gasteiger partial charge in [-0.1, -0.05) is 35.9 Å². The molecule has 0 unspecified atom stereocenters. The van der Waals surface area contributed by atoms with Gasteiger partial charge in [-0.3, -0.25) is 4.79 Å². The Kier molecular flexibility index (Phi) is 6.24. The van der Waals surface area contributed by atoms with Gasteiger partial charge in [0, 0.05) is 12.6 Å². The Labute approximate surface area is 150 Å². The predicted octanol–water partition coefficient (Wildman–Crippen LogP) is 2.25. The van der Waals surface area contributed by atoms with Crippen LogP contribution in [0.25, 0.3) is 0 Å². The molecule has 0 spiro atoms. The zero-order valence-corrected chi connectivity index (χ0v) is 14.8. The first-order valence-corrected chi connectivity index (χ1v) is 8.91. The summed E-state index contributed by atoms with van der Waals surface area (Å²) in [6, 6.07) is 11.9. The predicted molar refractivity (Wildman–Crippen MR) is 93.4 cm³/mol. The van der Waals surface area contributed by atoms with Gasteiger partial charge in [0.25, 0.3) is 5.91 Å².